The predicted octanol–water partition coefficient (Wildman–Crippen LogP) is 1.34. The third-order valence-electron chi connectivity index (χ3n) is 1.15. The molecule has 3 heteroatoms. The Morgan fingerprint density at radius 3 is 3.10 bits per heavy atom. The number of rotatable bonds is 4. The fourth-order valence-electron chi connectivity index (χ4n) is 0.692. The molecule has 0 aliphatic rings. The Morgan fingerprint density at radius 2 is 2.50 bits per heavy atom. The van der Waals surface area contributed by atoms with Gasteiger partial charge in [-0.15, -0.1) is 0 Å². The van der Waals surface area contributed by atoms with Crippen LogP contribution in [0.5, 0.6) is 0 Å². The zero-order valence-corrected chi connectivity index (χ0v) is 5.64. The van der Waals surface area contributed by atoms with E-state index in [0.29, 0.717) is 13.1 Å². The van der Waals surface area contributed by atoms with Crippen LogP contribution < -0.4 is 5.32 Å². The fraction of sp³-hybridized carbons (Fsp3) is 0.429. The van der Waals surface area contributed by atoms with Crippen molar-refractivity contribution < 1.29 is 8.81 Å². The average molecular weight is 143 g/mol. The summed E-state index contributed by atoms with van der Waals surface area (Å²) in [5, 5.41) is 2.87. The highest BCUT2D eigenvalue weighted by molar-refractivity contribution is 4.97. The number of furan rings is 1. The van der Waals surface area contributed by atoms with E-state index in [2.05, 4.69) is 5.32 Å². The highest BCUT2D eigenvalue weighted by atomic mass is 19.1. The van der Waals surface area contributed by atoms with Crippen LogP contribution >= 0.6 is 0 Å². The van der Waals surface area contributed by atoms with Crippen LogP contribution in [-0.4, -0.2) is 13.2 Å². The second kappa shape index (κ2) is 4.06. The van der Waals surface area contributed by atoms with E-state index in [1.807, 2.05) is 12.1 Å². The minimum atomic E-state index is -0.333. The molecule has 0 fully saturated rings. The number of alkyl halides is 1. The molecule has 0 aliphatic heterocycles. The Kier molecular flexibility index (Phi) is 2.96. The molecule has 0 bridgehead atoms. The lowest BCUT2D eigenvalue weighted by Crippen LogP contribution is -2.15. The van der Waals surface area contributed by atoms with Crippen molar-refractivity contribution >= 4 is 0 Å². The molecular formula is C7H10FNO. The largest absolute Gasteiger partial charge is 0.468 e. The maximum Gasteiger partial charge on any atom is 0.117 e. The lowest BCUT2D eigenvalue weighted by Gasteiger charge is -1.96. The maximum absolute atomic E-state index is 11.5. The van der Waals surface area contributed by atoms with Crippen molar-refractivity contribution in [3.63, 3.8) is 0 Å². The van der Waals surface area contributed by atoms with Crippen molar-refractivity contribution in [2.75, 3.05) is 13.2 Å². The molecule has 0 unspecified atom stereocenters. The quantitative estimate of drug-likeness (QED) is 0.643. The molecule has 0 atom stereocenters. The van der Waals surface area contributed by atoms with E-state index in [4.69, 9.17) is 4.42 Å². The van der Waals surface area contributed by atoms with Crippen LogP contribution in [-0.2, 0) is 6.54 Å². The second-order valence-corrected chi connectivity index (χ2v) is 1.95. The Labute approximate surface area is 59.0 Å². The smallest absolute Gasteiger partial charge is 0.117 e. The van der Waals surface area contributed by atoms with Gasteiger partial charge in [0.25, 0.3) is 0 Å². The summed E-state index contributed by atoms with van der Waals surface area (Å²) in [7, 11) is 0. The van der Waals surface area contributed by atoms with Gasteiger partial charge in [0.1, 0.15) is 12.4 Å². The first kappa shape index (κ1) is 7.28. The van der Waals surface area contributed by atoms with E-state index in [1.165, 1.54) is 0 Å². The molecule has 0 amide bonds. The molecule has 1 aromatic heterocycles. The van der Waals surface area contributed by atoms with E-state index >= 15 is 0 Å². The van der Waals surface area contributed by atoms with Crippen LogP contribution in [0.4, 0.5) is 4.39 Å². The average Bonchev–Trinajstić information content (AvgIpc) is 2.41. The highest BCUT2D eigenvalue weighted by Crippen LogP contribution is 1.97. The summed E-state index contributed by atoms with van der Waals surface area (Å²) >= 11 is 0. The molecule has 1 N–H and O–H groups in total. The molecule has 0 radical (unpaired) electrons. The summed E-state index contributed by atoms with van der Waals surface area (Å²) in [4.78, 5) is 0. The van der Waals surface area contributed by atoms with Crippen LogP contribution in [0, 0.1) is 0 Å². The Morgan fingerprint density at radius 1 is 1.60 bits per heavy atom. The van der Waals surface area contributed by atoms with Gasteiger partial charge >= 0.3 is 0 Å². The minimum absolute atomic E-state index is 0.333. The number of nitrogens with one attached hydrogen (secondary N) is 1. The lowest BCUT2D eigenvalue weighted by atomic mass is 10.4. The zero-order chi connectivity index (χ0) is 7.23. The first-order valence-corrected chi connectivity index (χ1v) is 3.22. The van der Waals surface area contributed by atoms with E-state index in [9.17, 15) is 4.39 Å². The van der Waals surface area contributed by atoms with Crippen molar-refractivity contribution in [3.8, 4) is 0 Å². The molecule has 2 nitrogen and oxygen atoms in total. The fourth-order valence-corrected chi connectivity index (χ4v) is 0.692. The van der Waals surface area contributed by atoms with Gasteiger partial charge in [-0.25, -0.2) is 4.39 Å². The van der Waals surface area contributed by atoms with Crippen molar-refractivity contribution in [1.29, 1.82) is 0 Å². The lowest BCUT2D eigenvalue weighted by molar-refractivity contribution is 0.440. The molecule has 0 saturated carbocycles. The predicted molar refractivity (Wildman–Crippen MR) is 36.4 cm³/mol. The van der Waals surface area contributed by atoms with Crippen LogP contribution in [0.2, 0.25) is 0 Å². The molecule has 0 aliphatic carbocycles. The molecule has 0 saturated heterocycles. The van der Waals surface area contributed by atoms with Crippen molar-refractivity contribution in [2.45, 2.75) is 6.54 Å². The van der Waals surface area contributed by atoms with Gasteiger partial charge in [-0.05, 0) is 12.1 Å². The molecule has 1 rings (SSSR count). The summed E-state index contributed by atoms with van der Waals surface area (Å²) in [6.45, 7) is 0.665. The van der Waals surface area contributed by atoms with E-state index in [-0.39, 0.29) is 6.67 Å². The molecule has 10 heavy (non-hydrogen) atoms. The second-order valence-electron chi connectivity index (χ2n) is 1.95. The number of hydrogen-bond donors (Lipinski definition) is 1. The molecule has 1 aromatic rings. The monoisotopic (exact) mass is 143 g/mol. The Bertz CT molecular complexity index is 162. The van der Waals surface area contributed by atoms with Crippen LogP contribution in [0.3, 0.4) is 0 Å². The van der Waals surface area contributed by atoms with Crippen LogP contribution in [0.15, 0.2) is 22.8 Å². The third kappa shape index (κ3) is 2.19. The Balaban J connectivity index is 2.15. The summed E-state index contributed by atoms with van der Waals surface area (Å²) in [6, 6.07) is 3.66. The van der Waals surface area contributed by atoms with Gasteiger partial charge in [0.2, 0.25) is 0 Å². The van der Waals surface area contributed by atoms with Crippen molar-refractivity contribution in [1.82, 2.24) is 5.32 Å². The van der Waals surface area contributed by atoms with Crippen molar-refractivity contribution in [3.05, 3.63) is 24.2 Å². The molecule has 1 heterocycles. The summed E-state index contributed by atoms with van der Waals surface area (Å²) in [5.74, 6) is 0.841. The van der Waals surface area contributed by atoms with Crippen LogP contribution in [0.1, 0.15) is 5.76 Å². The normalized spacial score (nSPS) is 10.1. The third-order valence-corrected chi connectivity index (χ3v) is 1.15. The van der Waals surface area contributed by atoms with Gasteiger partial charge < -0.3 is 9.73 Å². The van der Waals surface area contributed by atoms with Crippen LogP contribution in [0.25, 0.3) is 0 Å². The maximum atomic E-state index is 11.5. The highest BCUT2D eigenvalue weighted by Gasteiger charge is 1.91. The topological polar surface area (TPSA) is 25.2 Å². The Hall–Kier alpha value is -0.830. The molecule has 56 valence electrons. The standard InChI is InChI=1S/C7H10FNO/c8-3-4-9-6-7-2-1-5-10-7/h1-2,5,9H,3-4,6H2. The minimum Gasteiger partial charge on any atom is -0.468 e. The van der Waals surface area contributed by atoms with Gasteiger partial charge in [0.05, 0.1) is 12.8 Å². The van der Waals surface area contributed by atoms with Crippen molar-refractivity contribution in [2.24, 2.45) is 0 Å². The molecule has 0 spiro atoms. The van der Waals surface area contributed by atoms with E-state index < -0.39 is 0 Å². The van der Waals surface area contributed by atoms with Gasteiger partial charge in [-0.2, -0.15) is 0 Å². The van der Waals surface area contributed by atoms with Gasteiger partial charge in [0, 0.05) is 6.54 Å². The number of halogens is 1. The van der Waals surface area contributed by atoms with Gasteiger partial charge in [0.15, 0.2) is 0 Å². The van der Waals surface area contributed by atoms with E-state index in [1.54, 1.807) is 6.26 Å². The van der Waals surface area contributed by atoms with Gasteiger partial charge in [-0.3, -0.25) is 0 Å². The molecular weight excluding hydrogens is 133 g/mol. The summed E-state index contributed by atoms with van der Waals surface area (Å²) < 4.78 is 16.5. The summed E-state index contributed by atoms with van der Waals surface area (Å²) in [5.41, 5.74) is 0. The first-order chi connectivity index (χ1) is 4.93. The first-order valence-electron chi connectivity index (χ1n) is 3.22. The SMILES string of the molecule is FCCNCc1ccco1. The zero-order valence-electron chi connectivity index (χ0n) is 5.64. The van der Waals surface area contributed by atoms with E-state index in [0.717, 1.165) is 5.76 Å². The summed E-state index contributed by atoms with van der Waals surface area (Å²) in [6.07, 6.45) is 1.60. The number of hydrogen-bond acceptors (Lipinski definition) is 2. The van der Waals surface area contributed by atoms with Gasteiger partial charge in [-0.1, -0.05) is 0 Å². The molecule has 0 aromatic carbocycles.